The van der Waals surface area contributed by atoms with Gasteiger partial charge in [-0.1, -0.05) is 6.92 Å². The Kier molecular flexibility index (Phi) is 2.60. The third kappa shape index (κ3) is 1.66. The van der Waals surface area contributed by atoms with Crippen LogP contribution in [-0.2, 0) is 4.79 Å². The Morgan fingerprint density at radius 3 is 3.00 bits per heavy atom. The summed E-state index contributed by atoms with van der Waals surface area (Å²) in [5.74, 6) is 1.27. The first-order valence-electron chi connectivity index (χ1n) is 3.66. The standard InChI is InChI=1S/C7H13NOS/c1-3-6-4-10-5(2)7(9)8-6/h5-6H,3-4H2,1-2H3,(H,8,9). The van der Waals surface area contributed by atoms with E-state index in [9.17, 15) is 4.79 Å². The van der Waals surface area contributed by atoms with Gasteiger partial charge in [0, 0.05) is 11.8 Å². The summed E-state index contributed by atoms with van der Waals surface area (Å²) in [7, 11) is 0. The molecule has 58 valence electrons. The molecular weight excluding hydrogens is 146 g/mol. The van der Waals surface area contributed by atoms with Crippen molar-refractivity contribution in [2.75, 3.05) is 5.75 Å². The maximum absolute atomic E-state index is 11.0. The van der Waals surface area contributed by atoms with Gasteiger partial charge in [0.05, 0.1) is 5.25 Å². The van der Waals surface area contributed by atoms with Gasteiger partial charge >= 0.3 is 0 Å². The van der Waals surface area contributed by atoms with Crippen molar-refractivity contribution in [3.8, 4) is 0 Å². The summed E-state index contributed by atoms with van der Waals surface area (Å²) < 4.78 is 0. The van der Waals surface area contributed by atoms with E-state index in [1.807, 2.05) is 6.92 Å². The molecule has 2 unspecified atom stereocenters. The van der Waals surface area contributed by atoms with Crippen LogP contribution in [0.5, 0.6) is 0 Å². The zero-order valence-electron chi connectivity index (χ0n) is 6.39. The molecule has 1 rings (SSSR count). The molecule has 1 fully saturated rings. The normalized spacial score (nSPS) is 33.6. The van der Waals surface area contributed by atoms with Crippen LogP contribution in [0.1, 0.15) is 20.3 Å². The number of amides is 1. The van der Waals surface area contributed by atoms with E-state index in [0.29, 0.717) is 6.04 Å². The van der Waals surface area contributed by atoms with Crippen molar-refractivity contribution in [3.63, 3.8) is 0 Å². The molecule has 0 aromatic rings. The SMILES string of the molecule is CCC1CSC(C)C(=O)N1. The summed E-state index contributed by atoms with van der Waals surface area (Å²) in [5.41, 5.74) is 0. The van der Waals surface area contributed by atoms with Gasteiger partial charge in [-0.25, -0.2) is 0 Å². The van der Waals surface area contributed by atoms with Crippen molar-refractivity contribution in [1.29, 1.82) is 0 Å². The van der Waals surface area contributed by atoms with Gasteiger partial charge in [0.2, 0.25) is 5.91 Å². The van der Waals surface area contributed by atoms with Gasteiger partial charge in [-0.05, 0) is 13.3 Å². The van der Waals surface area contributed by atoms with E-state index in [1.54, 1.807) is 11.8 Å². The van der Waals surface area contributed by atoms with Crippen molar-refractivity contribution in [2.24, 2.45) is 0 Å². The van der Waals surface area contributed by atoms with E-state index in [-0.39, 0.29) is 11.2 Å². The quantitative estimate of drug-likeness (QED) is 0.619. The first kappa shape index (κ1) is 7.92. The van der Waals surface area contributed by atoms with Gasteiger partial charge in [0.15, 0.2) is 0 Å². The number of carbonyl (C=O) groups excluding carboxylic acids is 1. The summed E-state index contributed by atoms with van der Waals surface area (Å²) in [6, 6.07) is 0.411. The second-order valence-corrected chi connectivity index (χ2v) is 3.96. The highest BCUT2D eigenvalue weighted by Gasteiger charge is 2.23. The lowest BCUT2D eigenvalue weighted by atomic mass is 10.2. The molecule has 0 aromatic carbocycles. The highest BCUT2D eigenvalue weighted by molar-refractivity contribution is 8.00. The lowest BCUT2D eigenvalue weighted by Crippen LogP contribution is -2.45. The van der Waals surface area contributed by atoms with Crippen LogP contribution in [0.15, 0.2) is 0 Å². The largest absolute Gasteiger partial charge is 0.352 e. The van der Waals surface area contributed by atoms with Crippen LogP contribution in [0.25, 0.3) is 0 Å². The minimum absolute atomic E-state index is 0.155. The van der Waals surface area contributed by atoms with Crippen molar-refractivity contribution >= 4 is 17.7 Å². The molecule has 2 atom stereocenters. The Bertz CT molecular complexity index is 138. The van der Waals surface area contributed by atoms with E-state index < -0.39 is 0 Å². The maximum Gasteiger partial charge on any atom is 0.233 e. The molecule has 0 radical (unpaired) electrons. The molecule has 0 spiro atoms. The Balaban J connectivity index is 2.41. The summed E-state index contributed by atoms with van der Waals surface area (Å²) in [4.78, 5) is 11.0. The van der Waals surface area contributed by atoms with Gasteiger partial charge in [0.25, 0.3) is 0 Å². The van der Waals surface area contributed by atoms with Crippen LogP contribution in [0.4, 0.5) is 0 Å². The molecule has 3 heteroatoms. The fraction of sp³-hybridized carbons (Fsp3) is 0.857. The number of hydrogen-bond acceptors (Lipinski definition) is 2. The second-order valence-electron chi connectivity index (χ2n) is 2.59. The summed E-state index contributed by atoms with van der Waals surface area (Å²) in [6.45, 7) is 4.05. The first-order chi connectivity index (χ1) is 4.74. The predicted molar refractivity (Wildman–Crippen MR) is 44.1 cm³/mol. The van der Waals surface area contributed by atoms with Crippen LogP contribution in [0.3, 0.4) is 0 Å². The molecule has 0 bridgehead atoms. The molecule has 0 aliphatic carbocycles. The zero-order chi connectivity index (χ0) is 7.56. The number of nitrogens with one attached hydrogen (secondary N) is 1. The predicted octanol–water partition coefficient (Wildman–Crippen LogP) is 1.02. The van der Waals surface area contributed by atoms with Crippen LogP contribution in [0.2, 0.25) is 0 Å². The summed E-state index contributed by atoms with van der Waals surface area (Å²) >= 11 is 1.75. The first-order valence-corrected chi connectivity index (χ1v) is 4.71. The zero-order valence-corrected chi connectivity index (χ0v) is 7.20. The van der Waals surface area contributed by atoms with Crippen LogP contribution in [-0.4, -0.2) is 23.0 Å². The number of carbonyl (C=O) groups is 1. The van der Waals surface area contributed by atoms with E-state index in [0.717, 1.165) is 12.2 Å². The average molecular weight is 159 g/mol. The smallest absolute Gasteiger partial charge is 0.233 e. The molecule has 1 N–H and O–H groups in total. The monoisotopic (exact) mass is 159 g/mol. The van der Waals surface area contributed by atoms with Crippen LogP contribution < -0.4 is 5.32 Å². The number of thioether (sulfide) groups is 1. The van der Waals surface area contributed by atoms with E-state index >= 15 is 0 Å². The molecule has 10 heavy (non-hydrogen) atoms. The second kappa shape index (κ2) is 3.28. The fourth-order valence-electron chi connectivity index (χ4n) is 0.916. The minimum Gasteiger partial charge on any atom is -0.352 e. The average Bonchev–Trinajstić information content (AvgIpc) is 1.95. The van der Waals surface area contributed by atoms with Gasteiger partial charge in [0.1, 0.15) is 0 Å². The molecule has 0 aromatic heterocycles. The van der Waals surface area contributed by atoms with E-state index in [2.05, 4.69) is 12.2 Å². The highest BCUT2D eigenvalue weighted by atomic mass is 32.2. The fourth-order valence-corrected chi connectivity index (χ4v) is 1.98. The molecular formula is C7H13NOS. The highest BCUT2D eigenvalue weighted by Crippen LogP contribution is 2.17. The number of rotatable bonds is 1. The van der Waals surface area contributed by atoms with Crippen molar-refractivity contribution in [1.82, 2.24) is 5.32 Å². The lowest BCUT2D eigenvalue weighted by Gasteiger charge is -2.25. The van der Waals surface area contributed by atoms with Gasteiger partial charge in [-0.15, -0.1) is 11.8 Å². The van der Waals surface area contributed by atoms with Gasteiger partial charge in [-0.2, -0.15) is 0 Å². The third-order valence-electron chi connectivity index (χ3n) is 1.76. The number of hydrogen-bond donors (Lipinski definition) is 1. The Morgan fingerprint density at radius 2 is 2.50 bits per heavy atom. The van der Waals surface area contributed by atoms with Crippen LogP contribution in [0, 0.1) is 0 Å². The van der Waals surface area contributed by atoms with Crippen molar-refractivity contribution in [3.05, 3.63) is 0 Å². The maximum atomic E-state index is 11.0. The summed E-state index contributed by atoms with van der Waals surface area (Å²) in [6.07, 6.45) is 1.05. The Hall–Kier alpha value is -0.180. The molecule has 1 amide bonds. The Labute approximate surface area is 65.8 Å². The third-order valence-corrected chi connectivity index (χ3v) is 3.06. The Morgan fingerprint density at radius 1 is 1.80 bits per heavy atom. The van der Waals surface area contributed by atoms with E-state index in [1.165, 1.54) is 0 Å². The molecule has 0 saturated carbocycles. The van der Waals surface area contributed by atoms with E-state index in [4.69, 9.17) is 0 Å². The van der Waals surface area contributed by atoms with Crippen LogP contribution >= 0.6 is 11.8 Å². The van der Waals surface area contributed by atoms with Gasteiger partial charge in [-0.3, -0.25) is 4.79 Å². The lowest BCUT2D eigenvalue weighted by molar-refractivity contribution is -0.121. The summed E-state index contributed by atoms with van der Waals surface area (Å²) in [5, 5.41) is 3.11. The van der Waals surface area contributed by atoms with Gasteiger partial charge < -0.3 is 5.32 Å². The molecule has 1 saturated heterocycles. The molecule has 1 aliphatic rings. The van der Waals surface area contributed by atoms with Crippen molar-refractivity contribution < 1.29 is 4.79 Å². The topological polar surface area (TPSA) is 29.1 Å². The molecule has 2 nitrogen and oxygen atoms in total. The molecule has 1 aliphatic heterocycles. The molecule has 1 heterocycles. The van der Waals surface area contributed by atoms with Crippen molar-refractivity contribution in [2.45, 2.75) is 31.6 Å². The minimum atomic E-state index is 0.155.